The van der Waals surface area contributed by atoms with Gasteiger partial charge >= 0.3 is 6.18 Å². The van der Waals surface area contributed by atoms with Crippen LogP contribution in [0.1, 0.15) is 41.8 Å². The van der Waals surface area contributed by atoms with Gasteiger partial charge in [0.25, 0.3) is 11.5 Å². The maximum Gasteiger partial charge on any atom is 0.416 e. The number of carbonyl (C=O) groups is 1. The molecule has 0 radical (unpaired) electrons. The Morgan fingerprint density at radius 1 is 1.09 bits per heavy atom. The second-order valence-electron chi connectivity index (χ2n) is 8.52. The summed E-state index contributed by atoms with van der Waals surface area (Å²) in [7, 11) is 0. The summed E-state index contributed by atoms with van der Waals surface area (Å²) in [5, 5.41) is 2.79. The number of aromatic nitrogens is 1. The number of thiazole rings is 1. The largest absolute Gasteiger partial charge is 0.416 e. The van der Waals surface area contributed by atoms with E-state index in [4.69, 9.17) is 9.73 Å². The van der Waals surface area contributed by atoms with E-state index in [9.17, 15) is 22.8 Å². The third kappa shape index (κ3) is 3.24. The first kappa shape index (κ1) is 21.3. The van der Waals surface area contributed by atoms with Crippen molar-refractivity contribution in [1.82, 2.24) is 4.57 Å². The van der Waals surface area contributed by atoms with E-state index in [0.717, 1.165) is 36.3 Å². The topological polar surface area (TPSA) is 72.7 Å². The molecule has 0 aliphatic carbocycles. The lowest BCUT2D eigenvalue weighted by Crippen LogP contribution is -2.45. The van der Waals surface area contributed by atoms with Crippen LogP contribution in [0.15, 0.2) is 58.3 Å². The third-order valence-corrected chi connectivity index (χ3v) is 7.60. The van der Waals surface area contributed by atoms with Gasteiger partial charge in [-0.15, -0.1) is 0 Å². The van der Waals surface area contributed by atoms with Crippen molar-refractivity contribution < 1.29 is 22.7 Å². The van der Waals surface area contributed by atoms with Gasteiger partial charge in [0, 0.05) is 23.8 Å². The standard InChI is InChI=1S/C24H18F3N3O3S/c25-24(26,27)13-9-7-12(8-10-13)18-15-5-3-11-33-22(15)30-21(32)19(34-23(30)29-18)17-14-4-1-2-6-16(14)28-20(17)31/h1-2,4,6-10,15,18,22H,3,5,11H2,(H,28,31)/b19-17-. The van der Waals surface area contributed by atoms with E-state index in [1.807, 2.05) is 0 Å². The highest BCUT2D eigenvalue weighted by Gasteiger charge is 2.40. The molecule has 3 aliphatic rings. The predicted octanol–water partition coefficient (Wildman–Crippen LogP) is 3.38. The van der Waals surface area contributed by atoms with Crippen LogP contribution < -0.4 is 20.2 Å². The van der Waals surface area contributed by atoms with Crippen LogP contribution in [0.5, 0.6) is 0 Å². The highest BCUT2D eigenvalue weighted by atomic mass is 32.1. The minimum absolute atomic E-state index is 0.201. The summed E-state index contributed by atoms with van der Waals surface area (Å²) in [6.07, 6.45) is -3.53. The lowest BCUT2D eigenvalue weighted by atomic mass is 9.85. The lowest BCUT2D eigenvalue weighted by Gasteiger charge is -2.38. The number of halogens is 3. The van der Waals surface area contributed by atoms with E-state index in [1.165, 1.54) is 16.7 Å². The van der Waals surface area contributed by atoms with E-state index in [0.29, 0.717) is 33.8 Å². The van der Waals surface area contributed by atoms with Crippen molar-refractivity contribution in [1.29, 1.82) is 0 Å². The number of hydrogen-bond donors (Lipinski definition) is 1. The van der Waals surface area contributed by atoms with Gasteiger partial charge in [0.2, 0.25) is 0 Å². The monoisotopic (exact) mass is 485 g/mol. The molecule has 3 atom stereocenters. The Hall–Kier alpha value is -3.24. The van der Waals surface area contributed by atoms with E-state index in [1.54, 1.807) is 24.3 Å². The van der Waals surface area contributed by atoms with E-state index >= 15 is 0 Å². The number of anilines is 1. The second-order valence-corrected chi connectivity index (χ2v) is 9.50. The number of ether oxygens (including phenoxy) is 1. The molecule has 10 heteroatoms. The number of nitrogens with zero attached hydrogens (tertiary/aromatic N) is 2. The first-order valence-electron chi connectivity index (χ1n) is 10.9. The Morgan fingerprint density at radius 2 is 1.85 bits per heavy atom. The summed E-state index contributed by atoms with van der Waals surface area (Å²) in [5.74, 6) is -0.550. The smallest absolute Gasteiger partial charge is 0.357 e. The average Bonchev–Trinajstić information content (AvgIpc) is 3.33. The zero-order chi connectivity index (χ0) is 23.6. The Kier molecular flexibility index (Phi) is 4.79. The van der Waals surface area contributed by atoms with Crippen molar-refractivity contribution in [3.63, 3.8) is 0 Å². The first-order chi connectivity index (χ1) is 16.3. The Balaban J connectivity index is 1.55. The van der Waals surface area contributed by atoms with Crippen molar-refractivity contribution >= 4 is 28.5 Å². The van der Waals surface area contributed by atoms with Crippen LogP contribution in [-0.4, -0.2) is 17.1 Å². The zero-order valence-electron chi connectivity index (χ0n) is 17.6. The summed E-state index contributed by atoms with van der Waals surface area (Å²) in [6, 6.07) is 11.7. The molecule has 1 saturated heterocycles. The molecule has 1 N–H and O–H groups in total. The number of fused-ring (bicyclic) bond motifs is 4. The van der Waals surface area contributed by atoms with Crippen molar-refractivity contribution in [3.05, 3.63) is 84.9 Å². The summed E-state index contributed by atoms with van der Waals surface area (Å²) < 4.78 is 46.9. The summed E-state index contributed by atoms with van der Waals surface area (Å²) in [4.78, 5) is 31.5. The molecule has 0 spiro atoms. The molecule has 3 unspecified atom stereocenters. The Bertz CT molecular complexity index is 1490. The third-order valence-electron chi connectivity index (χ3n) is 6.54. The molecule has 0 bridgehead atoms. The molecule has 6 nitrogen and oxygen atoms in total. The van der Waals surface area contributed by atoms with E-state index < -0.39 is 24.0 Å². The van der Waals surface area contributed by atoms with Gasteiger partial charge in [-0.25, -0.2) is 0 Å². The molecule has 1 fully saturated rings. The molecule has 174 valence electrons. The van der Waals surface area contributed by atoms with Crippen molar-refractivity contribution in [2.75, 3.05) is 11.9 Å². The van der Waals surface area contributed by atoms with Gasteiger partial charge in [-0.1, -0.05) is 41.7 Å². The SMILES string of the molecule is O=C1Nc2ccccc2/C1=c1/sc2n(c1=O)C1OCCCC1C(c1ccc(C(F)(F)F)cc1)N=2. The maximum absolute atomic E-state index is 13.5. The molecule has 3 aliphatic heterocycles. The van der Waals surface area contributed by atoms with Crippen LogP contribution >= 0.6 is 11.3 Å². The molecule has 2 aromatic carbocycles. The zero-order valence-corrected chi connectivity index (χ0v) is 18.4. The maximum atomic E-state index is 13.5. The molecule has 34 heavy (non-hydrogen) atoms. The van der Waals surface area contributed by atoms with Crippen LogP contribution in [0.25, 0.3) is 5.57 Å². The van der Waals surface area contributed by atoms with E-state index in [2.05, 4.69) is 5.32 Å². The minimum atomic E-state index is -4.42. The molecular formula is C24H18F3N3O3S. The average molecular weight is 485 g/mol. The summed E-state index contributed by atoms with van der Waals surface area (Å²) >= 11 is 1.11. The number of amides is 1. The highest BCUT2D eigenvalue weighted by molar-refractivity contribution is 7.07. The fraction of sp³-hybridized carbons (Fsp3) is 0.292. The van der Waals surface area contributed by atoms with Gasteiger partial charge in [-0.2, -0.15) is 13.2 Å². The fourth-order valence-electron chi connectivity index (χ4n) is 4.97. The number of rotatable bonds is 1. The highest BCUT2D eigenvalue weighted by Crippen LogP contribution is 2.42. The fourth-order valence-corrected chi connectivity index (χ4v) is 6.09. The summed E-state index contributed by atoms with van der Waals surface area (Å²) in [6.45, 7) is 0.470. The molecule has 3 aromatic rings. The molecule has 4 heterocycles. The number of alkyl halides is 3. The number of hydrogen-bond acceptors (Lipinski definition) is 5. The number of benzene rings is 2. The van der Waals surface area contributed by atoms with Crippen LogP contribution in [0, 0.1) is 5.92 Å². The van der Waals surface area contributed by atoms with Crippen molar-refractivity contribution in [2.24, 2.45) is 10.9 Å². The van der Waals surface area contributed by atoms with Gasteiger partial charge in [-0.3, -0.25) is 19.1 Å². The normalized spacial score (nSPS) is 25.1. The van der Waals surface area contributed by atoms with Crippen LogP contribution in [0.2, 0.25) is 0 Å². The van der Waals surface area contributed by atoms with E-state index in [-0.39, 0.29) is 21.9 Å². The van der Waals surface area contributed by atoms with Gasteiger partial charge in [0.15, 0.2) is 4.80 Å². The predicted molar refractivity (Wildman–Crippen MR) is 119 cm³/mol. The number of nitrogens with one attached hydrogen (secondary N) is 1. The lowest BCUT2D eigenvalue weighted by molar-refractivity contribution is -0.137. The van der Waals surface area contributed by atoms with Gasteiger partial charge < -0.3 is 10.1 Å². The molecule has 6 rings (SSSR count). The van der Waals surface area contributed by atoms with Crippen molar-refractivity contribution in [3.8, 4) is 0 Å². The minimum Gasteiger partial charge on any atom is -0.357 e. The van der Waals surface area contributed by atoms with Crippen molar-refractivity contribution in [2.45, 2.75) is 31.3 Å². The van der Waals surface area contributed by atoms with Crippen LogP contribution in [0.4, 0.5) is 18.9 Å². The Labute approximate surface area is 195 Å². The van der Waals surface area contributed by atoms with Crippen LogP contribution in [0.3, 0.4) is 0 Å². The molecule has 0 saturated carbocycles. The first-order valence-corrected chi connectivity index (χ1v) is 11.7. The molecular weight excluding hydrogens is 467 g/mol. The quantitative estimate of drug-likeness (QED) is 0.575. The van der Waals surface area contributed by atoms with Gasteiger partial charge in [0.1, 0.15) is 10.8 Å². The Morgan fingerprint density at radius 3 is 2.62 bits per heavy atom. The summed E-state index contributed by atoms with van der Waals surface area (Å²) in [5.41, 5.74) is 1.18. The number of carbonyl (C=O) groups excluding carboxylic acids is 1. The molecule has 1 aromatic heterocycles. The second kappa shape index (κ2) is 7.64. The number of para-hydroxylation sites is 1. The molecule has 1 amide bonds. The van der Waals surface area contributed by atoms with Crippen LogP contribution in [-0.2, 0) is 15.7 Å². The van der Waals surface area contributed by atoms with Gasteiger partial charge in [-0.05, 0) is 36.6 Å². The van der Waals surface area contributed by atoms with Gasteiger partial charge in [0.05, 0.1) is 17.2 Å².